The number of hydrogen-bond donors (Lipinski definition) is 2. The van der Waals surface area contributed by atoms with Crippen molar-refractivity contribution in [2.24, 2.45) is 5.18 Å². The molecule has 2 aromatic rings. The maximum Gasteiger partial charge on any atom is 0.265 e. The highest BCUT2D eigenvalue weighted by Crippen LogP contribution is 2.14. The normalized spacial score (nSPS) is 11.7. The summed E-state index contributed by atoms with van der Waals surface area (Å²) in [5, 5.41) is 2.81. The molecule has 2 rings (SSSR count). The average Bonchev–Trinajstić information content (AvgIpc) is 2.52. The van der Waals surface area contributed by atoms with Crippen molar-refractivity contribution < 1.29 is 9.18 Å². The van der Waals surface area contributed by atoms with Crippen LogP contribution in [0.15, 0.2) is 59.8 Å². The van der Waals surface area contributed by atoms with Gasteiger partial charge < -0.3 is 0 Å². The van der Waals surface area contributed by atoms with Crippen LogP contribution in [-0.2, 0) is 0 Å². The van der Waals surface area contributed by atoms with Gasteiger partial charge in [-0.1, -0.05) is 35.5 Å². The van der Waals surface area contributed by atoms with Gasteiger partial charge in [-0.3, -0.25) is 10.2 Å². The zero-order valence-electron chi connectivity index (χ0n) is 11.1. The van der Waals surface area contributed by atoms with Crippen molar-refractivity contribution in [3.05, 3.63) is 76.4 Å². The Morgan fingerprint density at radius 3 is 2.57 bits per heavy atom. The molecule has 0 fully saturated rings. The summed E-state index contributed by atoms with van der Waals surface area (Å²) in [4.78, 5) is 22.4. The second-order valence-corrected chi connectivity index (χ2v) is 4.38. The molecule has 21 heavy (non-hydrogen) atoms. The van der Waals surface area contributed by atoms with E-state index < -0.39 is 11.9 Å². The van der Waals surface area contributed by atoms with Crippen molar-refractivity contribution in [3.63, 3.8) is 0 Å². The Morgan fingerprint density at radius 1 is 1.14 bits per heavy atom. The quantitative estimate of drug-likeness (QED) is 0.633. The van der Waals surface area contributed by atoms with Crippen LogP contribution < -0.4 is 10.9 Å². The molecule has 2 aromatic carbocycles. The van der Waals surface area contributed by atoms with E-state index in [1.807, 2.05) is 0 Å². The van der Waals surface area contributed by atoms with E-state index in [0.717, 1.165) is 0 Å². The maximum absolute atomic E-state index is 13.2. The van der Waals surface area contributed by atoms with Crippen LogP contribution in [0.5, 0.6) is 0 Å². The molecule has 0 aliphatic heterocycles. The van der Waals surface area contributed by atoms with E-state index in [-0.39, 0.29) is 12.5 Å². The summed E-state index contributed by atoms with van der Waals surface area (Å²) in [5.74, 6) is -0.762. The van der Waals surface area contributed by atoms with Gasteiger partial charge in [0.1, 0.15) is 12.4 Å². The Morgan fingerprint density at radius 2 is 1.90 bits per heavy atom. The lowest BCUT2D eigenvalue weighted by Gasteiger charge is -2.17. The van der Waals surface area contributed by atoms with Gasteiger partial charge in [0.2, 0.25) is 0 Å². The lowest BCUT2D eigenvalue weighted by molar-refractivity contribution is 0.0925. The first-order valence-corrected chi connectivity index (χ1v) is 6.36. The van der Waals surface area contributed by atoms with Crippen molar-refractivity contribution in [2.75, 3.05) is 6.54 Å². The zero-order valence-corrected chi connectivity index (χ0v) is 11.1. The summed E-state index contributed by atoms with van der Waals surface area (Å²) in [6, 6.07) is 13.8. The largest absolute Gasteiger partial charge is 0.287 e. The fourth-order valence-corrected chi connectivity index (χ4v) is 1.85. The van der Waals surface area contributed by atoms with Gasteiger partial charge in [0.05, 0.1) is 6.04 Å². The fourth-order valence-electron chi connectivity index (χ4n) is 1.85. The molecule has 0 spiro atoms. The third-order valence-electron chi connectivity index (χ3n) is 2.90. The van der Waals surface area contributed by atoms with Crippen LogP contribution in [0.1, 0.15) is 22.0 Å². The van der Waals surface area contributed by atoms with Crippen LogP contribution in [0.25, 0.3) is 0 Å². The summed E-state index contributed by atoms with van der Waals surface area (Å²) in [6.45, 7) is -0.126. The summed E-state index contributed by atoms with van der Waals surface area (Å²) in [6.07, 6.45) is 0. The number of carbonyl (C=O) groups excluding carboxylic acids is 1. The summed E-state index contributed by atoms with van der Waals surface area (Å²) in [7, 11) is 0. The summed E-state index contributed by atoms with van der Waals surface area (Å²) >= 11 is 0. The van der Waals surface area contributed by atoms with Gasteiger partial charge >= 0.3 is 0 Å². The molecule has 0 saturated heterocycles. The van der Waals surface area contributed by atoms with Gasteiger partial charge in [0, 0.05) is 5.56 Å². The van der Waals surface area contributed by atoms with E-state index in [0.29, 0.717) is 11.1 Å². The Labute approximate surface area is 121 Å². The minimum atomic E-state index is -0.592. The Kier molecular flexibility index (Phi) is 5.11. The minimum absolute atomic E-state index is 0.126. The molecular formula is C15H14FN3O2. The van der Waals surface area contributed by atoms with Crippen molar-refractivity contribution >= 4 is 5.91 Å². The zero-order chi connectivity index (χ0) is 15.1. The molecule has 6 heteroatoms. The number of hydrogen-bond acceptors (Lipinski definition) is 4. The molecule has 0 aliphatic rings. The molecule has 0 bridgehead atoms. The summed E-state index contributed by atoms with van der Waals surface area (Å²) in [5.41, 5.74) is 6.20. The lowest BCUT2D eigenvalue weighted by atomic mass is 10.1. The number of nitroso groups, excluding NO2 is 1. The molecule has 0 saturated carbocycles. The molecule has 1 amide bonds. The number of nitrogens with one attached hydrogen (secondary N) is 2. The van der Waals surface area contributed by atoms with E-state index in [1.54, 1.807) is 36.4 Å². The number of carbonyl (C=O) groups is 1. The Bertz CT molecular complexity index is 619. The molecular weight excluding hydrogens is 273 g/mol. The highest BCUT2D eigenvalue weighted by atomic mass is 19.1. The van der Waals surface area contributed by atoms with Gasteiger partial charge in [-0.15, -0.1) is 0 Å². The van der Waals surface area contributed by atoms with Crippen molar-refractivity contribution in [3.8, 4) is 0 Å². The number of nitrogens with zero attached hydrogens (tertiary/aromatic N) is 1. The molecule has 108 valence electrons. The fraction of sp³-hybridized carbons (Fsp3) is 0.133. The highest BCUT2D eigenvalue weighted by Gasteiger charge is 2.14. The Hall–Kier alpha value is -2.60. The lowest BCUT2D eigenvalue weighted by Crippen LogP contribution is -2.41. The number of hydrazine groups is 1. The molecule has 5 nitrogen and oxygen atoms in total. The average molecular weight is 287 g/mol. The first-order valence-electron chi connectivity index (χ1n) is 6.36. The van der Waals surface area contributed by atoms with Crippen LogP contribution >= 0.6 is 0 Å². The molecule has 0 aromatic heterocycles. The first kappa shape index (κ1) is 14.8. The van der Waals surface area contributed by atoms with E-state index in [2.05, 4.69) is 16.0 Å². The number of rotatable bonds is 6. The molecule has 0 radical (unpaired) electrons. The standard InChI is InChI=1S/C15H14FN3O2/c16-13-8-4-7-12(9-13)14(10-17-21)18-19-15(20)11-5-2-1-3-6-11/h1-9,14,18H,10H2,(H,19,20). The first-order chi connectivity index (χ1) is 10.2. The van der Waals surface area contributed by atoms with E-state index in [4.69, 9.17) is 0 Å². The third-order valence-corrected chi connectivity index (χ3v) is 2.90. The topological polar surface area (TPSA) is 70.6 Å². The van der Waals surface area contributed by atoms with Crippen molar-refractivity contribution in [1.29, 1.82) is 0 Å². The molecule has 1 atom stereocenters. The van der Waals surface area contributed by atoms with Crippen LogP contribution in [0, 0.1) is 10.7 Å². The second kappa shape index (κ2) is 7.25. The van der Waals surface area contributed by atoms with Gasteiger partial charge in [-0.05, 0) is 29.8 Å². The van der Waals surface area contributed by atoms with Crippen molar-refractivity contribution in [1.82, 2.24) is 10.9 Å². The van der Waals surface area contributed by atoms with Gasteiger partial charge in [0.25, 0.3) is 5.91 Å². The molecule has 0 aliphatic carbocycles. The van der Waals surface area contributed by atoms with Gasteiger partial charge in [0.15, 0.2) is 0 Å². The predicted octanol–water partition coefficient (Wildman–Crippen LogP) is 2.57. The Balaban J connectivity index is 2.04. The predicted molar refractivity (Wildman–Crippen MR) is 76.8 cm³/mol. The smallest absolute Gasteiger partial charge is 0.265 e. The number of amides is 1. The molecule has 1 unspecified atom stereocenters. The number of halogens is 1. The third kappa shape index (κ3) is 4.19. The SMILES string of the molecule is O=NCC(NNC(=O)c1ccccc1)c1cccc(F)c1. The number of benzene rings is 2. The van der Waals surface area contributed by atoms with Gasteiger partial charge in [-0.2, -0.15) is 4.91 Å². The van der Waals surface area contributed by atoms with Crippen LogP contribution in [0.4, 0.5) is 4.39 Å². The van der Waals surface area contributed by atoms with E-state index in [1.165, 1.54) is 18.2 Å². The van der Waals surface area contributed by atoms with Gasteiger partial charge in [-0.25, -0.2) is 9.82 Å². The van der Waals surface area contributed by atoms with Crippen LogP contribution in [-0.4, -0.2) is 12.5 Å². The minimum Gasteiger partial charge on any atom is -0.287 e. The second-order valence-electron chi connectivity index (χ2n) is 4.38. The van der Waals surface area contributed by atoms with Crippen molar-refractivity contribution in [2.45, 2.75) is 6.04 Å². The van der Waals surface area contributed by atoms with Crippen LogP contribution in [0.3, 0.4) is 0 Å². The molecule has 2 N–H and O–H groups in total. The van der Waals surface area contributed by atoms with Crippen LogP contribution in [0.2, 0.25) is 0 Å². The molecule has 0 heterocycles. The summed E-state index contributed by atoms with van der Waals surface area (Å²) < 4.78 is 13.2. The highest BCUT2D eigenvalue weighted by molar-refractivity contribution is 5.93. The van der Waals surface area contributed by atoms with E-state index in [9.17, 15) is 14.1 Å². The van der Waals surface area contributed by atoms with E-state index >= 15 is 0 Å². The maximum atomic E-state index is 13.2. The monoisotopic (exact) mass is 287 g/mol.